The second-order valence-corrected chi connectivity index (χ2v) is 3.60. The first kappa shape index (κ1) is 10.8. The van der Waals surface area contributed by atoms with Gasteiger partial charge in [0.15, 0.2) is 0 Å². The number of aromatic nitrogens is 3. The van der Waals surface area contributed by atoms with Gasteiger partial charge >= 0.3 is 5.97 Å². The van der Waals surface area contributed by atoms with Gasteiger partial charge in [0.2, 0.25) is 0 Å². The molecule has 0 aliphatic rings. The topological polar surface area (TPSA) is 99.1 Å². The highest BCUT2D eigenvalue weighted by Crippen LogP contribution is 2.29. The lowest BCUT2D eigenvalue weighted by Gasteiger charge is -2.06. The Morgan fingerprint density at radius 2 is 2.31 bits per heavy atom. The van der Waals surface area contributed by atoms with Gasteiger partial charge in [-0.15, -0.1) is 0 Å². The number of H-pyrrole nitrogens is 1. The molecule has 0 saturated carbocycles. The predicted molar refractivity (Wildman–Crippen MR) is 56.1 cm³/mol. The standard InChI is InChI=1S/C9H8ClN3O3/c10-8-7-4(5(14)1-6(15)16)2-11-9(7)13-3-12-8/h2-3,5,14H,1H2,(H,15,16)(H,11,12,13). The van der Waals surface area contributed by atoms with E-state index in [2.05, 4.69) is 15.0 Å². The quantitative estimate of drug-likeness (QED) is 0.700. The fourth-order valence-electron chi connectivity index (χ4n) is 1.49. The molecule has 16 heavy (non-hydrogen) atoms. The van der Waals surface area contributed by atoms with Crippen LogP contribution < -0.4 is 0 Å². The third-order valence-corrected chi connectivity index (χ3v) is 2.47. The summed E-state index contributed by atoms with van der Waals surface area (Å²) in [6.45, 7) is 0. The molecule has 0 aliphatic heterocycles. The molecule has 7 heteroatoms. The average molecular weight is 242 g/mol. The Morgan fingerprint density at radius 1 is 1.56 bits per heavy atom. The summed E-state index contributed by atoms with van der Waals surface area (Å²) in [7, 11) is 0. The van der Waals surface area contributed by atoms with Gasteiger partial charge in [0.25, 0.3) is 0 Å². The molecule has 2 rings (SSSR count). The van der Waals surface area contributed by atoms with Crippen LogP contribution in [0.2, 0.25) is 5.15 Å². The molecule has 0 bridgehead atoms. The molecule has 3 N–H and O–H groups in total. The predicted octanol–water partition coefficient (Wildman–Crippen LogP) is 1.12. The normalized spacial score (nSPS) is 12.9. The summed E-state index contributed by atoms with van der Waals surface area (Å²) in [6, 6.07) is 0. The van der Waals surface area contributed by atoms with Crippen molar-refractivity contribution in [2.45, 2.75) is 12.5 Å². The maximum atomic E-state index is 10.5. The number of carboxylic acids is 1. The lowest BCUT2D eigenvalue weighted by molar-refractivity contribution is -0.139. The Balaban J connectivity index is 2.48. The van der Waals surface area contributed by atoms with Crippen LogP contribution in [0.25, 0.3) is 11.0 Å². The number of hydrogen-bond donors (Lipinski definition) is 3. The summed E-state index contributed by atoms with van der Waals surface area (Å²) in [4.78, 5) is 21.0. The average Bonchev–Trinajstić information content (AvgIpc) is 2.61. The Labute approximate surface area is 94.9 Å². The van der Waals surface area contributed by atoms with Gasteiger partial charge < -0.3 is 15.2 Å². The Bertz CT molecular complexity index is 540. The van der Waals surface area contributed by atoms with Crippen LogP contribution in [0.15, 0.2) is 12.5 Å². The molecule has 0 fully saturated rings. The number of aromatic amines is 1. The third-order valence-electron chi connectivity index (χ3n) is 2.18. The molecule has 0 spiro atoms. The molecule has 1 atom stereocenters. The van der Waals surface area contributed by atoms with Crippen molar-refractivity contribution < 1.29 is 15.0 Å². The van der Waals surface area contributed by atoms with Crippen LogP contribution in [0, 0.1) is 0 Å². The highest BCUT2D eigenvalue weighted by Gasteiger charge is 2.18. The molecule has 0 amide bonds. The highest BCUT2D eigenvalue weighted by molar-refractivity contribution is 6.34. The lowest BCUT2D eigenvalue weighted by atomic mass is 10.1. The van der Waals surface area contributed by atoms with E-state index in [9.17, 15) is 9.90 Å². The summed E-state index contributed by atoms with van der Waals surface area (Å²) < 4.78 is 0. The molecule has 2 aromatic rings. The summed E-state index contributed by atoms with van der Waals surface area (Å²) in [5, 5.41) is 18.9. The number of rotatable bonds is 3. The number of aliphatic carboxylic acids is 1. The van der Waals surface area contributed by atoms with Crippen molar-refractivity contribution in [3.05, 3.63) is 23.2 Å². The molecule has 0 radical (unpaired) electrons. The van der Waals surface area contributed by atoms with Crippen molar-refractivity contribution in [3.8, 4) is 0 Å². The maximum Gasteiger partial charge on any atom is 0.306 e. The molecule has 0 aliphatic carbocycles. The molecular weight excluding hydrogens is 234 g/mol. The summed E-state index contributed by atoms with van der Waals surface area (Å²) in [5.41, 5.74) is 0.863. The second-order valence-electron chi connectivity index (χ2n) is 3.25. The number of nitrogens with zero attached hydrogens (tertiary/aromatic N) is 2. The second kappa shape index (κ2) is 4.07. The van der Waals surface area contributed by atoms with Crippen LogP contribution in [0.3, 0.4) is 0 Å². The van der Waals surface area contributed by atoms with E-state index in [1.807, 2.05) is 0 Å². The number of nitrogens with one attached hydrogen (secondary N) is 1. The largest absolute Gasteiger partial charge is 0.481 e. The molecule has 2 heterocycles. The van der Waals surface area contributed by atoms with Crippen LogP contribution in [-0.2, 0) is 4.79 Å². The fraction of sp³-hybridized carbons (Fsp3) is 0.222. The number of hydrogen-bond acceptors (Lipinski definition) is 4. The van der Waals surface area contributed by atoms with Gasteiger partial charge in [-0.2, -0.15) is 0 Å². The minimum atomic E-state index is -1.13. The molecule has 0 aromatic carbocycles. The molecule has 2 aromatic heterocycles. The fourth-order valence-corrected chi connectivity index (χ4v) is 1.73. The van der Waals surface area contributed by atoms with E-state index in [4.69, 9.17) is 16.7 Å². The number of carboxylic acid groups (broad SMARTS) is 1. The van der Waals surface area contributed by atoms with Crippen molar-refractivity contribution in [1.29, 1.82) is 0 Å². The lowest BCUT2D eigenvalue weighted by Crippen LogP contribution is -2.05. The number of fused-ring (bicyclic) bond motifs is 1. The van der Waals surface area contributed by atoms with E-state index < -0.39 is 18.5 Å². The van der Waals surface area contributed by atoms with Crippen LogP contribution in [0.5, 0.6) is 0 Å². The van der Waals surface area contributed by atoms with Crippen LogP contribution in [-0.4, -0.2) is 31.1 Å². The van der Waals surface area contributed by atoms with Crippen molar-refractivity contribution >= 4 is 28.6 Å². The molecule has 6 nitrogen and oxygen atoms in total. The summed E-state index contributed by atoms with van der Waals surface area (Å²) in [5.74, 6) is -1.09. The number of carbonyl (C=O) groups is 1. The summed E-state index contributed by atoms with van der Waals surface area (Å²) in [6.07, 6.45) is 1.25. The van der Waals surface area contributed by atoms with E-state index in [1.54, 1.807) is 0 Å². The first-order valence-corrected chi connectivity index (χ1v) is 4.84. The minimum absolute atomic E-state index is 0.186. The van der Waals surface area contributed by atoms with Crippen LogP contribution in [0.4, 0.5) is 0 Å². The van der Waals surface area contributed by atoms with Crippen molar-refractivity contribution in [3.63, 3.8) is 0 Å². The van der Waals surface area contributed by atoms with E-state index in [0.29, 0.717) is 16.6 Å². The van der Waals surface area contributed by atoms with Crippen molar-refractivity contribution in [2.24, 2.45) is 0 Å². The van der Waals surface area contributed by atoms with Gasteiger partial charge in [-0.25, -0.2) is 9.97 Å². The first-order valence-electron chi connectivity index (χ1n) is 4.47. The molecule has 1 unspecified atom stereocenters. The van der Waals surface area contributed by atoms with Crippen molar-refractivity contribution in [1.82, 2.24) is 15.0 Å². The Morgan fingerprint density at radius 3 is 3.00 bits per heavy atom. The zero-order valence-corrected chi connectivity index (χ0v) is 8.77. The van der Waals surface area contributed by atoms with E-state index >= 15 is 0 Å². The van der Waals surface area contributed by atoms with Gasteiger partial charge in [-0.1, -0.05) is 11.6 Å². The zero-order valence-electron chi connectivity index (χ0n) is 8.01. The minimum Gasteiger partial charge on any atom is -0.481 e. The summed E-state index contributed by atoms with van der Waals surface area (Å²) >= 11 is 5.85. The van der Waals surface area contributed by atoms with Crippen LogP contribution >= 0.6 is 11.6 Å². The number of aliphatic hydroxyl groups excluding tert-OH is 1. The van der Waals surface area contributed by atoms with Gasteiger partial charge in [-0.05, 0) is 0 Å². The molecular formula is C9H8ClN3O3. The SMILES string of the molecule is O=C(O)CC(O)c1c[nH]c2ncnc(Cl)c12. The first-order chi connectivity index (χ1) is 7.59. The van der Waals surface area contributed by atoms with Gasteiger partial charge in [0, 0.05) is 11.8 Å². The number of halogens is 1. The Hall–Kier alpha value is -1.66. The van der Waals surface area contributed by atoms with E-state index in [-0.39, 0.29) is 5.15 Å². The van der Waals surface area contributed by atoms with Gasteiger partial charge in [0.05, 0.1) is 17.9 Å². The van der Waals surface area contributed by atoms with Crippen molar-refractivity contribution in [2.75, 3.05) is 0 Å². The van der Waals surface area contributed by atoms with Crippen LogP contribution in [0.1, 0.15) is 18.1 Å². The highest BCUT2D eigenvalue weighted by atomic mass is 35.5. The van der Waals surface area contributed by atoms with E-state index in [1.165, 1.54) is 12.5 Å². The number of aliphatic hydroxyl groups is 1. The van der Waals surface area contributed by atoms with E-state index in [0.717, 1.165) is 0 Å². The third kappa shape index (κ3) is 1.84. The van der Waals surface area contributed by atoms with Gasteiger partial charge in [0.1, 0.15) is 17.1 Å². The van der Waals surface area contributed by atoms with Gasteiger partial charge in [-0.3, -0.25) is 4.79 Å². The zero-order chi connectivity index (χ0) is 11.7. The smallest absolute Gasteiger partial charge is 0.306 e. The maximum absolute atomic E-state index is 10.5. The molecule has 84 valence electrons. The molecule has 0 saturated heterocycles. The Kier molecular flexibility index (Phi) is 2.76. The monoisotopic (exact) mass is 241 g/mol.